The molecule has 1 aliphatic heterocycles. The molecule has 1 aliphatic carbocycles. The lowest BCUT2D eigenvalue weighted by Crippen LogP contribution is -2.61. The minimum Gasteiger partial charge on any atom is -0.548 e. The predicted octanol–water partition coefficient (Wildman–Crippen LogP) is -1.72. The first kappa shape index (κ1) is 15.9. The summed E-state index contributed by atoms with van der Waals surface area (Å²) in [5.74, 6) is -1.78. The highest BCUT2D eigenvalue weighted by Gasteiger charge is 2.28. The zero-order valence-electron chi connectivity index (χ0n) is 11.3. The van der Waals surface area contributed by atoms with E-state index in [2.05, 4.69) is 5.73 Å². The van der Waals surface area contributed by atoms with E-state index in [1.807, 2.05) is 0 Å². The van der Waals surface area contributed by atoms with Crippen molar-refractivity contribution in [3.05, 3.63) is 0 Å². The molecule has 6 nitrogen and oxygen atoms in total. The third kappa shape index (κ3) is 5.16. The van der Waals surface area contributed by atoms with Gasteiger partial charge in [-0.1, -0.05) is 6.42 Å². The minimum atomic E-state index is -1.24. The summed E-state index contributed by atoms with van der Waals surface area (Å²) in [4.78, 5) is 22.5. The van der Waals surface area contributed by atoms with Gasteiger partial charge in [-0.15, -0.1) is 0 Å². The number of nitrogens with zero attached hydrogens (tertiary/aromatic N) is 1. The molecule has 0 unspecified atom stereocenters. The van der Waals surface area contributed by atoms with Gasteiger partial charge in [-0.05, 0) is 38.5 Å². The summed E-state index contributed by atoms with van der Waals surface area (Å²) in [7, 11) is 0. The molecule has 110 valence electrons. The van der Waals surface area contributed by atoms with Gasteiger partial charge in [0.2, 0.25) is 5.91 Å². The van der Waals surface area contributed by atoms with Crippen LogP contribution in [-0.2, 0) is 9.59 Å². The molecule has 2 fully saturated rings. The molecule has 1 heterocycles. The smallest absolute Gasteiger partial charge is 0.248 e. The number of hydrogen-bond acceptors (Lipinski definition) is 4. The van der Waals surface area contributed by atoms with Crippen molar-refractivity contribution in [3.8, 4) is 0 Å². The number of carboxylic acid groups (broad SMARTS) is 1. The van der Waals surface area contributed by atoms with Crippen LogP contribution in [0.15, 0.2) is 0 Å². The summed E-state index contributed by atoms with van der Waals surface area (Å²) < 4.78 is 0. The first-order valence-electron chi connectivity index (χ1n) is 7.00. The maximum Gasteiger partial charge on any atom is 0.248 e. The molecule has 2 aliphatic rings. The number of aliphatic hydroxyl groups is 1. The number of rotatable bonds is 2. The number of aliphatic carboxylic acids is 1. The van der Waals surface area contributed by atoms with Crippen LogP contribution in [-0.4, -0.2) is 47.1 Å². The van der Waals surface area contributed by atoms with Crippen LogP contribution >= 0.6 is 0 Å². The first-order valence-corrected chi connectivity index (χ1v) is 7.00. The maximum atomic E-state index is 10.9. The van der Waals surface area contributed by atoms with Crippen molar-refractivity contribution in [1.29, 1.82) is 0 Å². The van der Waals surface area contributed by atoms with Gasteiger partial charge in [-0.3, -0.25) is 4.79 Å². The number of likely N-dealkylation sites (tertiary alicyclic amines) is 1. The van der Waals surface area contributed by atoms with Crippen molar-refractivity contribution < 1.29 is 25.5 Å². The van der Waals surface area contributed by atoms with Crippen LogP contribution in [0.1, 0.15) is 44.9 Å². The van der Waals surface area contributed by atoms with E-state index in [0.29, 0.717) is 19.4 Å². The lowest BCUT2D eigenvalue weighted by atomic mass is 9.97. The van der Waals surface area contributed by atoms with Crippen LogP contribution in [0.3, 0.4) is 0 Å². The quantitative estimate of drug-likeness (QED) is 0.623. The molecular weight excluding hydrogens is 248 g/mol. The molecule has 4 N–H and O–H groups in total. The van der Waals surface area contributed by atoms with Gasteiger partial charge in [-0.2, -0.15) is 0 Å². The Balaban J connectivity index is 0.000000218. The molecule has 1 atom stereocenters. The van der Waals surface area contributed by atoms with Crippen molar-refractivity contribution in [2.24, 2.45) is 0 Å². The summed E-state index contributed by atoms with van der Waals surface area (Å²) in [6, 6.07) is -0.0570. The highest BCUT2D eigenvalue weighted by molar-refractivity contribution is 5.84. The molecule has 2 rings (SSSR count). The van der Waals surface area contributed by atoms with E-state index in [0.717, 1.165) is 10.9 Å². The summed E-state index contributed by atoms with van der Waals surface area (Å²) in [5.41, 5.74) is 4.00. The number of carboxylic acids is 1. The Morgan fingerprint density at radius 2 is 1.79 bits per heavy atom. The van der Waals surface area contributed by atoms with Crippen molar-refractivity contribution in [2.75, 3.05) is 13.2 Å². The zero-order valence-corrected chi connectivity index (χ0v) is 11.3. The Labute approximate surface area is 113 Å². The molecule has 19 heavy (non-hydrogen) atoms. The van der Waals surface area contributed by atoms with E-state index in [1.165, 1.54) is 32.1 Å². The normalized spacial score (nSPS) is 23.7. The number of carbonyl (C=O) groups is 2. The highest BCUT2D eigenvalue weighted by atomic mass is 16.4. The second kappa shape index (κ2) is 8.12. The van der Waals surface area contributed by atoms with Crippen molar-refractivity contribution in [2.45, 2.75) is 57.0 Å². The van der Waals surface area contributed by atoms with Crippen molar-refractivity contribution in [1.82, 2.24) is 4.90 Å². The predicted molar refractivity (Wildman–Crippen MR) is 66.6 cm³/mol. The SMILES string of the molecule is O=C([O-])[C@@H]1CCCN1C(=O)CO.[NH3+]C1CCCCC1. The van der Waals surface area contributed by atoms with E-state index < -0.39 is 24.5 Å². The summed E-state index contributed by atoms with van der Waals surface area (Å²) in [6.07, 6.45) is 8.13. The molecule has 0 bridgehead atoms. The highest BCUT2D eigenvalue weighted by Crippen LogP contribution is 2.16. The largest absolute Gasteiger partial charge is 0.548 e. The van der Waals surface area contributed by atoms with Crippen LogP contribution in [0, 0.1) is 0 Å². The number of carbonyl (C=O) groups excluding carboxylic acids is 2. The molecule has 1 saturated carbocycles. The van der Waals surface area contributed by atoms with Gasteiger partial charge >= 0.3 is 0 Å². The molecule has 6 heteroatoms. The van der Waals surface area contributed by atoms with E-state index in [1.54, 1.807) is 0 Å². The topological polar surface area (TPSA) is 108 Å². The fraction of sp³-hybridized carbons (Fsp3) is 0.846. The van der Waals surface area contributed by atoms with Gasteiger partial charge in [0.15, 0.2) is 0 Å². The third-order valence-electron chi connectivity index (χ3n) is 3.71. The minimum absolute atomic E-state index is 0.401. The van der Waals surface area contributed by atoms with E-state index >= 15 is 0 Å². The lowest BCUT2D eigenvalue weighted by Gasteiger charge is -2.24. The molecule has 0 aromatic rings. The van der Waals surface area contributed by atoms with Crippen LogP contribution < -0.4 is 10.8 Å². The van der Waals surface area contributed by atoms with Gasteiger partial charge in [0.05, 0.1) is 18.1 Å². The summed E-state index contributed by atoms with van der Waals surface area (Å²) in [6.45, 7) is -0.234. The molecule has 0 aromatic carbocycles. The number of hydrogen-bond donors (Lipinski definition) is 2. The number of amides is 1. The van der Waals surface area contributed by atoms with Gasteiger partial charge in [0.1, 0.15) is 6.61 Å². The zero-order chi connectivity index (χ0) is 14.3. The Kier molecular flexibility index (Phi) is 6.80. The average Bonchev–Trinajstić information content (AvgIpc) is 2.89. The second-order valence-corrected chi connectivity index (χ2v) is 5.23. The van der Waals surface area contributed by atoms with Crippen LogP contribution in [0.2, 0.25) is 0 Å². The Morgan fingerprint density at radius 3 is 2.21 bits per heavy atom. The van der Waals surface area contributed by atoms with Crippen molar-refractivity contribution in [3.63, 3.8) is 0 Å². The number of aliphatic hydroxyl groups excluding tert-OH is 1. The third-order valence-corrected chi connectivity index (χ3v) is 3.71. The lowest BCUT2D eigenvalue weighted by molar-refractivity contribution is -0.425. The van der Waals surface area contributed by atoms with Gasteiger partial charge in [0, 0.05) is 6.54 Å². The fourth-order valence-electron chi connectivity index (χ4n) is 2.59. The van der Waals surface area contributed by atoms with E-state index in [4.69, 9.17) is 5.11 Å². The van der Waals surface area contributed by atoms with E-state index in [9.17, 15) is 14.7 Å². The standard InChI is InChI=1S/C7H11NO4.C6H13N/c9-4-6(10)8-3-1-2-5(8)7(11)12;7-6-4-2-1-3-5-6/h5,9H,1-4H2,(H,11,12);6H,1-5,7H2/t5-;/m0./s1. The molecule has 0 aromatic heterocycles. The Bertz CT molecular complexity index is 303. The van der Waals surface area contributed by atoms with E-state index in [-0.39, 0.29) is 0 Å². The van der Waals surface area contributed by atoms with Crippen LogP contribution in [0.5, 0.6) is 0 Å². The number of quaternary nitrogens is 1. The second-order valence-electron chi connectivity index (χ2n) is 5.23. The molecule has 1 saturated heterocycles. The van der Waals surface area contributed by atoms with Crippen LogP contribution in [0.4, 0.5) is 0 Å². The van der Waals surface area contributed by atoms with Gasteiger partial charge in [-0.25, -0.2) is 0 Å². The molecule has 0 spiro atoms. The van der Waals surface area contributed by atoms with Crippen LogP contribution in [0.25, 0.3) is 0 Å². The fourth-order valence-corrected chi connectivity index (χ4v) is 2.59. The van der Waals surface area contributed by atoms with Gasteiger partial charge < -0.3 is 25.6 Å². The maximum absolute atomic E-state index is 10.9. The molecule has 1 amide bonds. The monoisotopic (exact) mass is 272 g/mol. The average molecular weight is 272 g/mol. The molecular formula is C13H24N2O4. The first-order chi connectivity index (χ1) is 9.06. The Morgan fingerprint density at radius 1 is 1.16 bits per heavy atom. The summed E-state index contributed by atoms with van der Waals surface area (Å²) in [5, 5.41) is 18.9. The molecule has 0 radical (unpaired) electrons. The summed E-state index contributed by atoms with van der Waals surface area (Å²) >= 11 is 0. The Hall–Kier alpha value is -1.14. The van der Waals surface area contributed by atoms with Crippen molar-refractivity contribution >= 4 is 11.9 Å². The van der Waals surface area contributed by atoms with Gasteiger partial charge in [0.25, 0.3) is 0 Å².